The van der Waals surface area contributed by atoms with Gasteiger partial charge < -0.3 is 19.5 Å². The Morgan fingerprint density at radius 1 is 0.900 bits per heavy atom. The van der Waals surface area contributed by atoms with Crippen molar-refractivity contribution in [2.45, 2.75) is 19.4 Å². The molecule has 4 nitrogen and oxygen atoms in total. The molecule has 114 valence electrons. The SMILES string of the molecule is CNCCc1ccc(COCCOCCCOC)cc1. The molecule has 0 aliphatic heterocycles. The number of ether oxygens (including phenoxy) is 3. The van der Waals surface area contributed by atoms with Gasteiger partial charge in [0.1, 0.15) is 0 Å². The van der Waals surface area contributed by atoms with Gasteiger partial charge >= 0.3 is 0 Å². The fourth-order valence-corrected chi connectivity index (χ4v) is 1.79. The lowest BCUT2D eigenvalue weighted by molar-refractivity contribution is 0.0337. The molecule has 0 aromatic heterocycles. The first-order valence-electron chi connectivity index (χ1n) is 7.23. The van der Waals surface area contributed by atoms with Gasteiger partial charge in [-0.1, -0.05) is 24.3 Å². The topological polar surface area (TPSA) is 39.7 Å². The van der Waals surface area contributed by atoms with E-state index in [0.29, 0.717) is 19.8 Å². The third-order valence-electron chi connectivity index (χ3n) is 2.96. The predicted octanol–water partition coefficient (Wildman–Crippen LogP) is 2.02. The fourth-order valence-electron chi connectivity index (χ4n) is 1.79. The van der Waals surface area contributed by atoms with Crippen molar-refractivity contribution in [3.8, 4) is 0 Å². The standard InChI is InChI=1S/C16H27NO3/c1-17-9-8-15-4-6-16(7-5-15)14-20-13-12-19-11-3-10-18-2/h4-7,17H,3,8-14H2,1-2H3. The van der Waals surface area contributed by atoms with Crippen LogP contribution in [0.25, 0.3) is 0 Å². The van der Waals surface area contributed by atoms with Crippen molar-refractivity contribution in [1.29, 1.82) is 0 Å². The zero-order valence-electron chi connectivity index (χ0n) is 12.7. The van der Waals surface area contributed by atoms with Crippen LogP contribution in [-0.4, -0.2) is 47.1 Å². The molecule has 0 amide bonds. The van der Waals surface area contributed by atoms with E-state index in [1.54, 1.807) is 7.11 Å². The van der Waals surface area contributed by atoms with Gasteiger partial charge in [-0.2, -0.15) is 0 Å². The largest absolute Gasteiger partial charge is 0.385 e. The van der Waals surface area contributed by atoms with Crippen molar-refractivity contribution in [1.82, 2.24) is 5.32 Å². The van der Waals surface area contributed by atoms with Gasteiger partial charge in [0.25, 0.3) is 0 Å². The van der Waals surface area contributed by atoms with Crippen molar-refractivity contribution >= 4 is 0 Å². The van der Waals surface area contributed by atoms with E-state index in [1.165, 1.54) is 11.1 Å². The van der Waals surface area contributed by atoms with Crippen molar-refractivity contribution in [3.05, 3.63) is 35.4 Å². The zero-order valence-corrected chi connectivity index (χ0v) is 12.7. The molecule has 0 aliphatic rings. The summed E-state index contributed by atoms with van der Waals surface area (Å²) in [5.41, 5.74) is 2.56. The second kappa shape index (κ2) is 11.9. The summed E-state index contributed by atoms with van der Waals surface area (Å²) in [6.07, 6.45) is 2.00. The van der Waals surface area contributed by atoms with E-state index in [0.717, 1.165) is 32.6 Å². The minimum atomic E-state index is 0.633. The van der Waals surface area contributed by atoms with Crippen LogP contribution in [0.2, 0.25) is 0 Å². The van der Waals surface area contributed by atoms with E-state index < -0.39 is 0 Å². The van der Waals surface area contributed by atoms with Gasteiger partial charge in [-0.25, -0.2) is 0 Å². The Bertz CT molecular complexity index is 327. The maximum Gasteiger partial charge on any atom is 0.0718 e. The molecular formula is C16H27NO3. The Morgan fingerprint density at radius 3 is 2.30 bits per heavy atom. The Kier molecular flexibility index (Phi) is 10.1. The smallest absolute Gasteiger partial charge is 0.0718 e. The van der Waals surface area contributed by atoms with Gasteiger partial charge in [0, 0.05) is 20.3 Å². The van der Waals surface area contributed by atoms with Crippen molar-refractivity contribution in [2.75, 3.05) is 47.1 Å². The summed E-state index contributed by atoms with van der Waals surface area (Å²) in [6.45, 7) is 4.42. The highest BCUT2D eigenvalue weighted by Gasteiger charge is 1.96. The molecule has 1 rings (SSSR count). The molecule has 1 N–H and O–H groups in total. The van der Waals surface area contributed by atoms with Gasteiger partial charge in [-0.15, -0.1) is 0 Å². The molecule has 1 aromatic carbocycles. The Labute approximate surface area is 122 Å². The first kappa shape index (κ1) is 17.1. The van der Waals surface area contributed by atoms with Crippen LogP contribution in [0.4, 0.5) is 0 Å². The van der Waals surface area contributed by atoms with E-state index in [1.807, 2.05) is 7.05 Å². The summed E-state index contributed by atoms with van der Waals surface area (Å²) in [5.74, 6) is 0. The van der Waals surface area contributed by atoms with Crippen LogP contribution >= 0.6 is 0 Å². The number of hydrogen-bond donors (Lipinski definition) is 1. The van der Waals surface area contributed by atoms with Crippen LogP contribution in [-0.2, 0) is 27.2 Å². The van der Waals surface area contributed by atoms with Crippen LogP contribution < -0.4 is 5.32 Å². The van der Waals surface area contributed by atoms with Crippen molar-refractivity contribution < 1.29 is 14.2 Å². The highest BCUT2D eigenvalue weighted by molar-refractivity contribution is 5.22. The van der Waals surface area contributed by atoms with E-state index in [9.17, 15) is 0 Å². The summed E-state index contributed by atoms with van der Waals surface area (Å²) in [4.78, 5) is 0. The summed E-state index contributed by atoms with van der Waals surface area (Å²) in [5, 5.41) is 3.15. The van der Waals surface area contributed by atoms with Crippen LogP contribution in [0.15, 0.2) is 24.3 Å². The molecule has 0 spiro atoms. The Hall–Kier alpha value is -0.940. The first-order chi connectivity index (χ1) is 9.86. The average molecular weight is 281 g/mol. The molecule has 0 atom stereocenters. The van der Waals surface area contributed by atoms with Crippen molar-refractivity contribution in [2.24, 2.45) is 0 Å². The third-order valence-corrected chi connectivity index (χ3v) is 2.96. The Morgan fingerprint density at radius 2 is 1.60 bits per heavy atom. The van der Waals surface area contributed by atoms with Gasteiger partial charge in [0.15, 0.2) is 0 Å². The highest BCUT2D eigenvalue weighted by Crippen LogP contribution is 2.06. The normalized spacial score (nSPS) is 10.9. The third kappa shape index (κ3) is 8.27. The Balaban J connectivity index is 2.04. The molecule has 0 heterocycles. The maximum atomic E-state index is 5.58. The summed E-state index contributed by atoms with van der Waals surface area (Å²) in [7, 11) is 3.67. The average Bonchev–Trinajstić information content (AvgIpc) is 2.49. The van der Waals surface area contributed by atoms with Crippen LogP contribution in [0.1, 0.15) is 17.5 Å². The highest BCUT2D eigenvalue weighted by atomic mass is 16.5. The lowest BCUT2D eigenvalue weighted by atomic mass is 10.1. The molecule has 0 saturated heterocycles. The molecule has 0 saturated carbocycles. The lowest BCUT2D eigenvalue weighted by Crippen LogP contribution is -2.10. The van der Waals surface area contributed by atoms with E-state index in [-0.39, 0.29) is 0 Å². The maximum absolute atomic E-state index is 5.58. The number of likely N-dealkylation sites (N-methyl/N-ethyl adjacent to an activating group) is 1. The molecule has 0 unspecified atom stereocenters. The summed E-state index contributed by atoms with van der Waals surface area (Å²) in [6, 6.07) is 8.59. The monoisotopic (exact) mass is 281 g/mol. The fraction of sp³-hybridized carbons (Fsp3) is 0.625. The quantitative estimate of drug-likeness (QED) is 0.595. The van der Waals surface area contributed by atoms with E-state index in [2.05, 4.69) is 29.6 Å². The second-order valence-electron chi connectivity index (χ2n) is 4.68. The van der Waals surface area contributed by atoms with Crippen LogP contribution in [0.5, 0.6) is 0 Å². The minimum absolute atomic E-state index is 0.633. The van der Waals surface area contributed by atoms with Crippen molar-refractivity contribution in [3.63, 3.8) is 0 Å². The summed E-state index contributed by atoms with van der Waals surface area (Å²) < 4.78 is 16.0. The number of nitrogens with one attached hydrogen (secondary N) is 1. The zero-order chi connectivity index (χ0) is 14.5. The second-order valence-corrected chi connectivity index (χ2v) is 4.68. The number of rotatable bonds is 12. The summed E-state index contributed by atoms with van der Waals surface area (Å²) >= 11 is 0. The molecular weight excluding hydrogens is 254 g/mol. The number of hydrogen-bond acceptors (Lipinski definition) is 4. The van der Waals surface area contributed by atoms with E-state index >= 15 is 0 Å². The van der Waals surface area contributed by atoms with Gasteiger partial charge in [0.2, 0.25) is 0 Å². The van der Waals surface area contributed by atoms with Gasteiger partial charge in [-0.05, 0) is 37.6 Å². The van der Waals surface area contributed by atoms with Crippen LogP contribution in [0, 0.1) is 0 Å². The number of methoxy groups -OCH3 is 1. The van der Waals surface area contributed by atoms with Gasteiger partial charge in [-0.3, -0.25) is 0 Å². The van der Waals surface area contributed by atoms with Crippen LogP contribution in [0.3, 0.4) is 0 Å². The van der Waals surface area contributed by atoms with E-state index in [4.69, 9.17) is 14.2 Å². The minimum Gasteiger partial charge on any atom is -0.385 e. The molecule has 0 radical (unpaired) electrons. The lowest BCUT2D eigenvalue weighted by Gasteiger charge is -2.07. The first-order valence-corrected chi connectivity index (χ1v) is 7.23. The predicted molar refractivity (Wildman–Crippen MR) is 81.0 cm³/mol. The molecule has 0 bridgehead atoms. The molecule has 1 aromatic rings. The molecule has 4 heteroatoms. The van der Waals surface area contributed by atoms with Gasteiger partial charge in [0.05, 0.1) is 19.8 Å². The number of benzene rings is 1. The molecule has 0 aliphatic carbocycles. The molecule has 0 fully saturated rings. The molecule has 20 heavy (non-hydrogen) atoms.